The van der Waals surface area contributed by atoms with Crippen LogP contribution in [0, 0.1) is 0 Å². The largest absolute Gasteiger partial charge is 0.437 e. The molecule has 6 heteroatoms. The molecule has 0 fully saturated rings. The van der Waals surface area contributed by atoms with Crippen LogP contribution in [0.1, 0.15) is 0 Å². The smallest absolute Gasteiger partial charge is 0.249 e. The number of para-hydroxylation sites is 1. The number of ether oxygens (including phenoxy) is 1. The number of aromatic nitrogens is 2. The fraction of sp³-hybridized carbons (Fsp3) is 0.0909. The molecular formula is C11H13N5O. The molecule has 0 saturated heterocycles. The van der Waals surface area contributed by atoms with Crippen molar-refractivity contribution >= 4 is 17.5 Å². The van der Waals surface area contributed by atoms with Gasteiger partial charge in [-0.25, -0.2) is 0 Å². The first kappa shape index (κ1) is 11.0. The van der Waals surface area contributed by atoms with Gasteiger partial charge in [-0.3, -0.25) is 0 Å². The van der Waals surface area contributed by atoms with Gasteiger partial charge in [0.1, 0.15) is 11.4 Å². The van der Waals surface area contributed by atoms with E-state index in [9.17, 15) is 0 Å². The molecule has 2 aromatic rings. The Bertz CT molecular complexity index is 515. The summed E-state index contributed by atoms with van der Waals surface area (Å²) < 4.78 is 5.54. The molecule has 2 rings (SSSR count). The summed E-state index contributed by atoms with van der Waals surface area (Å²) in [4.78, 5) is 8.04. The molecule has 17 heavy (non-hydrogen) atoms. The van der Waals surface area contributed by atoms with Crippen LogP contribution in [0.5, 0.6) is 11.6 Å². The van der Waals surface area contributed by atoms with Gasteiger partial charge in [0.15, 0.2) is 5.82 Å². The van der Waals surface area contributed by atoms with Crippen LogP contribution < -0.4 is 21.5 Å². The normalized spacial score (nSPS) is 9.94. The van der Waals surface area contributed by atoms with E-state index in [4.69, 9.17) is 16.2 Å². The van der Waals surface area contributed by atoms with Crippen molar-refractivity contribution in [3.63, 3.8) is 0 Å². The van der Waals surface area contributed by atoms with Crippen molar-refractivity contribution in [2.45, 2.75) is 0 Å². The number of nitrogens with zero attached hydrogens (tertiary/aromatic N) is 2. The van der Waals surface area contributed by atoms with Gasteiger partial charge in [-0.2, -0.15) is 9.97 Å². The zero-order chi connectivity index (χ0) is 12.3. The second kappa shape index (κ2) is 4.56. The van der Waals surface area contributed by atoms with Crippen molar-refractivity contribution < 1.29 is 4.74 Å². The Balaban J connectivity index is 2.35. The predicted molar refractivity (Wildman–Crippen MR) is 66.9 cm³/mol. The molecule has 0 spiro atoms. The standard InChI is InChI=1S/C11H13N5O/c1-14-11-15-9(13)8(12)10(16-11)17-7-5-3-2-4-6-7/h2-6H,12H2,1H3,(H3,13,14,15,16). The fourth-order valence-electron chi connectivity index (χ4n) is 1.26. The molecule has 0 bridgehead atoms. The highest BCUT2D eigenvalue weighted by Gasteiger charge is 2.10. The number of hydrogen-bond donors (Lipinski definition) is 3. The molecule has 0 atom stereocenters. The summed E-state index contributed by atoms with van der Waals surface area (Å²) in [5, 5.41) is 2.78. The molecule has 0 aliphatic rings. The van der Waals surface area contributed by atoms with Crippen LogP contribution >= 0.6 is 0 Å². The van der Waals surface area contributed by atoms with Crippen LogP contribution in [-0.4, -0.2) is 17.0 Å². The average molecular weight is 231 g/mol. The highest BCUT2D eigenvalue weighted by Crippen LogP contribution is 2.29. The second-order valence-electron chi connectivity index (χ2n) is 3.32. The zero-order valence-corrected chi connectivity index (χ0v) is 9.34. The number of anilines is 3. The van der Waals surface area contributed by atoms with E-state index >= 15 is 0 Å². The van der Waals surface area contributed by atoms with Crippen molar-refractivity contribution in [3.05, 3.63) is 30.3 Å². The quantitative estimate of drug-likeness (QED) is 0.739. The van der Waals surface area contributed by atoms with E-state index in [2.05, 4.69) is 15.3 Å². The first-order valence-corrected chi connectivity index (χ1v) is 5.04. The minimum Gasteiger partial charge on any atom is -0.437 e. The Morgan fingerprint density at radius 2 is 1.82 bits per heavy atom. The summed E-state index contributed by atoms with van der Waals surface area (Å²) in [6, 6.07) is 9.21. The molecule has 0 aliphatic heterocycles. The van der Waals surface area contributed by atoms with Gasteiger partial charge in [-0.05, 0) is 12.1 Å². The first-order valence-electron chi connectivity index (χ1n) is 5.04. The molecule has 5 N–H and O–H groups in total. The molecule has 0 saturated carbocycles. The maximum atomic E-state index is 5.75. The van der Waals surface area contributed by atoms with Crippen LogP contribution in [-0.2, 0) is 0 Å². The average Bonchev–Trinajstić information content (AvgIpc) is 2.36. The number of hydrogen-bond acceptors (Lipinski definition) is 6. The molecule has 0 radical (unpaired) electrons. The molecule has 1 aromatic heterocycles. The van der Waals surface area contributed by atoms with E-state index in [0.29, 0.717) is 11.7 Å². The van der Waals surface area contributed by atoms with Crippen LogP contribution in [0.3, 0.4) is 0 Å². The maximum absolute atomic E-state index is 5.75. The summed E-state index contributed by atoms with van der Waals surface area (Å²) in [6.45, 7) is 0. The summed E-state index contributed by atoms with van der Waals surface area (Å²) >= 11 is 0. The third-order valence-electron chi connectivity index (χ3n) is 2.12. The number of rotatable bonds is 3. The minimum absolute atomic E-state index is 0.190. The number of benzene rings is 1. The van der Waals surface area contributed by atoms with Gasteiger partial charge in [0.2, 0.25) is 11.8 Å². The Labute approximate surface area is 98.6 Å². The van der Waals surface area contributed by atoms with Gasteiger partial charge >= 0.3 is 0 Å². The van der Waals surface area contributed by atoms with E-state index in [1.807, 2.05) is 18.2 Å². The lowest BCUT2D eigenvalue weighted by Gasteiger charge is -2.10. The van der Waals surface area contributed by atoms with E-state index in [0.717, 1.165) is 0 Å². The zero-order valence-electron chi connectivity index (χ0n) is 9.34. The van der Waals surface area contributed by atoms with Gasteiger partial charge in [0.05, 0.1) is 0 Å². The van der Waals surface area contributed by atoms with Crippen molar-refractivity contribution in [1.82, 2.24) is 9.97 Å². The van der Waals surface area contributed by atoms with Crippen LogP contribution in [0.4, 0.5) is 17.5 Å². The van der Waals surface area contributed by atoms with Crippen molar-refractivity contribution in [2.24, 2.45) is 0 Å². The van der Waals surface area contributed by atoms with Crippen molar-refractivity contribution in [3.8, 4) is 11.6 Å². The third-order valence-corrected chi connectivity index (χ3v) is 2.12. The Morgan fingerprint density at radius 1 is 1.12 bits per heavy atom. The fourth-order valence-corrected chi connectivity index (χ4v) is 1.26. The molecule has 0 amide bonds. The van der Waals surface area contributed by atoms with Crippen LogP contribution in [0.2, 0.25) is 0 Å². The second-order valence-corrected chi connectivity index (χ2v) is 3.32. The molecular weight excluding hydrogens is 218 g/mol. The van der Waals surface area contributed by atoms with E-state index < -0.39 is 0 Å². The SMILES string of the molecule is CNc1nc(N)c(N)c(Oc2ccccc2)n1. The summed E-state index contributed by atoms with van der Waals surface area (Å²) in [6.07, 6.45) is 0. The monoisotopic (exact) mass is 231 g/mol. The highest BCUT2D eigenvalue weighted by molar-refractivity contribution is 5.66. The van der Waals surface area contributed by atoms with Crippen molar-refractivity contribution in [2.75, 3.05) is 23.8 Å². The highest BCUT2D eigenvalue weighted by atomic mass is 16.5. The minimum atomic E-state index is 0.190. The van der Waals surface area contributed by atoms with Gasteiger partial charge in [0, 0.05) is 7.05 Å². The molecule has 0 aliphatic carbocycles. The van der Waals surface area contributed by atoms with Gasteiger partial charge in [-0.1, -0.05) is 18.2 Å². The Hall–Kier alpha value is -2.50. The third kappa shape index (κ3) is 2.36. The number of nitrogens with one attached hydrogen (secondary N) is 1. The van der Waals surface area contributed by atoms with Gasteiger partial charge in [0.25, 0.3) is 0 Å². The Morgan fingerprint density at radius 3 is 2.47 bits per heavy atom. The lowest BCUT2D eigenvalue weighted by atomic mass is 10.3. The Kier molecular flexibility index (Phi) is 2.95. The summed E-state index contributed by atoms with van der Waals surface area (Å²) in [5.74, 6) is 1.44. The predicted octanol–water partition coefficient (Wildman–Crippen LogP) is 1.48. The summed E-state index contributed by atoms with van der Waals surface area (Å²) in [5.41, 5.74) is 11.6. The van der Waals surface area contributed by atoms with Gasteiger partial charge < -0.3 is 21.5 Å². The van der Waals surface area contributed by atoms with Crippen LogP contribution in [0.15, 0.2) is 30.3 Å². The lowest BCUT2D eigenvalue weighted by Crippen LogP contribution is -2.06. The lowest BCUT2D eigenvalue weighted by molar-refractivity contribution is 0.465. The van der Waals surface area contributed by atoms with E-state index in [1.165, 1.54) is 0 Å². The first-order chi connectivity index (χ1) is 8.20. The van der Waals surface area contributed by atoms with E-state index in [-0.39, 0.29) is 17.4 Å². The molecule has 0 unspecified atom stereocenters. The van der Waals surface area contributed by atoms with Crippen molar-refractivity contribution in [1.29, 1.82) is 0 Å². The van der Waals surface area contributed by atoms with Gasteiger partial charge in [-0.15, -0.1) is 0 Å². The molecule has 88 valence electrons. The van der Waals surface area contributed by atoms with E-state index in [1.54, 1.807) is 19.2 Å². The molecule has 1 aromatic carbocycles. The topological polar surface area (TPSA) is 99.1 Å². The number of nitrogen functional groups attached to an aromatic ring is 2. The van der Waals surface area contributed by atoms with Crippen LogP contribution in [0.25, 0.3) is 0 Å². The molecule has 1 heterocycles. The summed E-state index contributed by atoms with van der Waals surface area (Å²) in [7, 11) is 1.69. The molecule has 6 nitrogen and oxygen atoms in total. The maximum Gasteiger partial charge on any atom is 0.249 e. The number of nitrogens with two attached hydrogens (primary N) is 2.